The average Bonchev–Trinajstić information content (AvgIpc) is 3.03. The summed E-state index contributed by atoms with van der Waals surface area (Å²) in [6.45, 7) is 6.20. The Balaban J connectivity index is 1.82. The normalized spacial score (nSPS) is 19.2. The molecule has 0 amide bonds. The van der Waals surface area contributed by atoms with E-state index in [1.165, 1.54) is 33.5 Å². The number of hydrogen-bond donors (Lipinski definition) is 1. The van der Waals surface area contributed by atoms with Gasteiger partial charge in [0.2, 0.25) is 0 Å². The minimum absolute atomic E-state index is 0.373. The number of rotatable bonds is 1. The van der Waals surface area contributed by atoms with Crippen molar-refractivity contribution in [2.75, 3.05) is 18.5 Å². The molecule has 1 atom stereocenters. The first-order valence-electron chi connectivity index (χ1n) is 7.33. The first-order chi connectivity index (χ1) is 9.72. The van der Waals surface area contributed by atoms with Crippen LogP contribution in [0.3, 0.4) is 0 Å². The molecular formula is C18H19NO. The Morgan fingerprint density at radius 1 is 1.10 bits per heavy atom. The summed E-state index contributed by atoms with van der Waals surface area (Å²) >= 11 is 0. The molecule has 2 nitrogen and oxygen atoms in total. The smallest absolute Gasteiger partial charge is 0.123 e. The first kappa shape index (κ1) is 11.8. The quantitative estimate of drug-likeness (QED) is 0.847. The third kappa shape index (κ3) is 1.71. The molecule has 0 spiro atoms. The van der Waals surface area contributed by atoms with E-state index >= 15 is 0 Å². The molecule has 2 aromatic carbocycles. The van der Waals surface area contributed by atoms with Gasteiger partial charge in [0.05, 0.1) is 6.61 Å². The molecule has 4 rings (SSSR count). The SMILES string of the molecule is Cc1ccc2c(c1)C(c1cc3c(cc1C)CCN3)CO2. The van der Waals surface area contributed by atoms with Crippen molar-refractivity contribution in [3.63, 3.8) is 0 Å². The van der Waals surface area contributed by atoms with Crippen molar-refractivity contribution in [2.45, 2.75) is 26.2 Å². The summed E-state index contributed by atoms with van der Waals surface area (Å²) in [5.74, 6) is 1.42. The van der Waals surface area contributed by atoms with E-state index in [1.807, 2.05) is 0 Å². The molecule has 0 saturated heterocycles. The Hall–Kier alpha value is -1.96. The van der Waals surface area contributed by atoms with Crippen LogP contribution in [-0.4, -0.2) is 13.2 Å². The Morgan fingerprint density at radius 3 is 2.90 bits per heavy atom. The van der Waals surface area contributed by atoms with E-state index in [9.17, 15) is 0 Å². The fourth-order valence-electron chi connectivity index (χ4n) is 3.45. The molecule has 2 heteroatoms. The van der Waals surface area contributed by atoms with Crippen LogP contribution in [0.15, 0.2) is 30.3 Å². The average molecular weight is 265 g/mol. The summed E-state index contributed by atoms with van der Waals surface area (Å²) in [6.07, 6.45) is 1.15. The van der Waals surface area contributed by atoms with E-state index in [-0.39, 0.29) is 0 Å². The second kappa shape index (κ2) is 4.27. The Morgan fingerprint density at radius 2 is 2.00 bits per heavy atom. The van der Waals surface area contributed by atoms with E-state index in [0.717, 1.165) is 25.3 Å². The topological polar surface area (TPSA) is 21.3 Å². The summed E-state index contributed by atoms with van der Waals surface area (Å²) in [7, 11) is 0. The highest BCUT2D eigenvalue weighted by atomic mass is 16.5. The van der Waals surface area contributed by atoms with Crippen LogP contribution in [0.1, 0.15) is 33.7 Å². The van der Waals surface area contributed by atoms with Crippen molar-refractivity contribution < 1.29 is 4.74 Å². The lowest BCUT2D eigenvalue weighted by Crippen LogP contribution is -2.05. The highest BCUT2D eigenvalue weighted by Gasteiger charge is 2.28. The maximum absolute atomic E-state index is 5.87. The molecule has 0 aliphatic carbocycles. The summed E-state index contributed by atoms with van der Waals surface area (Å²) in [4.78, 5) is 0. The fourth-order valence-corrected chi connectivity index (χ4v) is 3.45. The van der Waals surface area contributed by atoms with E-state index in [1.54, 1.807) is 0 Å². The van der Waals surface area contributed by atoms with Crippen molar-refractivity contribution in [1.29, 1.82) is 0 Å². The monoisotopic (exact) mass is 265 g/mol. The summed E-state index contributed by atoms with van der Waals surface area (Å²) in [5.41, 5.74) is 8.20. The van der Waals surface area contributed by atoms with E-state index < -0.39 is 0 Å². The van der Waals surface area contributed by atoms with Crippen LogP contribution in [0.4, 0.5) is 5.69 Å². The van der Waals surface area contributed by atoms with Gasteiger partial charge >= 0.3 is 0 Å². The zero-order chi connectivity index (χ0) is 13.7. The third-order valence-electron chi connectivity index (χ3n) is 4.52. The van der Waals surface area contributed by atoms with Gasteiger partial charge in [-0.25, -0.2) is 0 Å². The number of anilines is 1. The summed E-state index contributed by atoms with van der Waals surface area (Å²) < 4.78 is 5.87. The zero-order valence-electron chi connectivity index (χ0n) is 12.0. The molecule has 2 heterocycles. The van der Waals surface area contributed by atoms with Crippen molar-refractivity contribution in [2.24, 2.45) is 0 Å². The van der Waals surface area contributed by atoms with Crippen molar-refractivity contribution >= 4 is 5.69 Å². The third-order valence-corrected chi connectivity index (χ3v) is 4.52. The maximum Gasteiger partial charge on any atom is 0.123 e. The predicted octanol–water partition coefficient (Wildman–Crippen LogP) is 3.80. The standard InChI is InChI=1S/C18H19NO/c1-11-3-4-18-15(7-11)16(10-20-18)14-9-17-13(5-6-19-17)8-12(14)2/h3-4,7-9,16,19H,5-6,10H2,1-2H3. The molecular weight excluding hydrogens is 246 g/mol. The van der Waals surface area contributed by atoms with Gasteiger partial charge < -0.3 is 10.1 Å². The molecule has 1 N–H and O–H groups in total. The van der Waals surface area contributed by atoms with Gasteiger partial charge in [-0.15, -0.1) is 0 Å². The van der Waals surface area contributed by atoms with Crippen LogP contribution >= 0.6 is 0 Å². The number of aryl methyl sites for hydroxylation is 2. The van der Waals surface area contributed by atoms with Crippen LogP contribution in [0.25, 0.3) is 0 Å². The number of ether oxygens (including phenoxy) is 1. The Bertz CT molecular complexity index is 690. The molecule has 0 aromatic heterocycles. The van der Waals surface area contributed by atoms with Crippen molar-refractivity contribution in [3.05, 3.63) is 58.1 Å². The number of benzene rings is 2. The van der Waals surface area contributed by atoms with E-state index in [4.69, 9.17) is 4.74 Å². The lowest BCUT2D eigenvalue weighted by Gasteiger charge is -2.15. The van der Waals surface area contributed by atoms with E-state index in [0.29, 0.717) is 5.92 Å². The van der Waals surface area contributed by atoms with Gasteiger partial charge in [0.15, 0.2) is 0 Å². The summed E-state index contributed by atoms with van der Waals surface area (Å²) in [6, 6.07) is 11.2. The van der Waals surface area contributed by atoms with Gasteiger partial charge in [-0.05, 0) is 49.1 Å². The highest BCUT2D eigenvalue weighted by molar-refractivity contribution is 5.61. The van der Waals surface area contributed by atoms with Gasteiger partial charge in [0.25, 0.3) is 0 Å². The van der Waals surface area contributed by atoms with Gasteiger partial charge in [-0.3, -0.25) is 0 Å². The Labute approximate surface area is 119 Å². The molecule has 2 aliphatic rings. The van der Waals surface area contributed by atoms with Crippen LogP contribution in [0.2, 0.25) is 0 Å². The highest BCUT2D eigenvalue weighted by Crippen LogP contribution is 2.41. The second-order valence-corrected chi connectivity index (χ2v) is 5.95. The summed E-state index contributed by atoms with van der Waals surface area (Å²) in [5, 5.41) is 3.49. The second-order valence-electron chi connectivity index (χ2n) is 5.95. The maximum atomic E-state index is 5.87. The molecule has 0 saturated carbocycles. The van der Waals surface area contributed by atoms with Crippen molar-refractivity contribution in [1.82, 2.24) is 0 Å². The van der Waals surface area contributed by atoms with Gasteiger partial charge in [0, 0.05) is 23.7 Å². The molecule has 2 aliphatic heterocycles. The largest absolute Gasteiger partial charge is 0.492 e. The van der Waals surface area contributed by atoms with Crippen LogP contribution in [0, 0.1) is 13.8 Å². The molecule has 20 heavy (non-hydrogen) atoms. The first-order valence-corrected chi connectivity index (χ1v) is 7.33. The predicted molar refractivity (Wildman–Crippen MR) is 81.9 cm³/mol. The molecule has 0 radical (unpaired) electrons. The van der Waals surface area contributed by atoms with Crippen molar-refractivity contribution in [3.8, 4) is 5.75 Å². The fraction of sp³-hybridized carbons (Fsp3) is 0.333. The lowest BCUT2D eigenvalue weighted by atomic mass is 9.88. The molecule has 0 bridgehead atoms. The zero-order valence-corrected chi connectivity index (χ0v) is 12.0. The van der Waals surface area contributed by atoms with Crippen LogP contribution in [0.5, 0.6) is 5.75 Å². The lowest BCUT2D eigenvalue weighted by molar-refractivity contribution is 0.343. The number of fused-ring (bicyclic) bond motifs is 2. The number of nitrogens with one attached hydrogen (secondary N) is 1. The number of hydrogen-bond acceptors (Lipinski definition) is 2. The molecule has 1 unspecified atom stereocenters. The van der Waals surface area contributed by atoms with Gasteiger partial charge in [-0.1, -0.05) is 23.8 Å². The minimum Gasteiger partial charge on any atom is -0.492 e. The van der Waals surface area contributed by atoms with Gasteiger partial charge in [-0.2, -0.15) is 0 Å². The molecule has 0 fully saturated rings. The van der Waals surface area contributed by atoms with Crippen LogP contribution in [-0.2, 0) is 6.42 Å². The van der Waals surface area contributed by atoms with Crippen LogP contribution < -0.4 is 10.1 Å². The molecule has 2 aromatic rings. The Kier molecular flexibility index (Phi) is 2.53. The minimum atomic E-state index is 0.373. The molecule has 102 valence electrons. The van der Waals surface area contributed by atoms with Gasteiger partial charge in [0.1, 0.15) is 5.75 Å². The van der Waals surface area contributed by atoms with E-state index in [2.05, 4.69) is 49.5 Å².